The average molecular weight is 297 g/mol. The molecule has 1 heterocycles. The van der Waals surface area contributed by atoms with Gasteiger partial charge in [-0.15, -0.1) is 0 Å². The first-order chi connectivity index (χ1) is 9.36. The van der Waals surface area contributed by atoms with Crippen LogP contribution in [0.1, 0.15) is 13.3 Å². The molecule has 0 amide bonds. The zero-order valence-corrected chi connectivity index (χ0v) is 12.0. The van der Waals surface area contributed by atoms with E-state index in [1.165, 1.54) is 29.6 Å². The molecule has 0 radical (unpaired) electrons. The fourth-order valence-corrected chi connectivity index (χ4v) is 3.21. The van der Waals surface area contributed by atoms with Crippen LogP contribution in [0.5, 0.6) is 0 Å². The second-order valence-corrected chi connectivity index (χ2v) is 6.49. The fourth-order valence-electron chi connectivity index (χ4n) is 1.92. The molecule has 20 heavy (non-hydrogen) atoms. The topological polar surface area (TPSA) is 103 Å². The summed E-state index contributed by atoms with van der Waals surface area (Å²) in [7, 11) is -2.14. The molecule has 0 fully saturated rings. The molecule has 1 aromatic heterocycles. The van der Waals surface area contributed by atoms with Crippen LogP contribution in [0.25, 0.3) is 10.9 Å². The predicted molar refractivity (Wildman–Crippen MR) is 75.3 cm³/mol. The maximum Gasteiger partial charge on any atom is 0.326 e. The molecule has 108 valence electrons. The number of nitrogens with zero attached hydrogens (tertiary/aromatic N) is 1. The third kappa shape index (κ3) is 2.52. The Morgan fingerprint density at radius 1 is 1.20 bits per heavy atom. The molecule has 0 spiro atoms. The molecule has 0 saturated heterocycles. The van der Waals surface area contributed by atoms with Crippen molar-refractivity contribution in [1.29, 1.82) is 0 Å². The van der Waals surface area contributed by atoms with Gasteiger partial charge in [0.05, 0.1) is 15.8 Å². The molecule has 0 aliphatic rings. The lowest BCUT2D eigenvalue weighted by Crippen LogP contribution is -2.28. The first kappa shape index (κ1) is 14.5. The monoisotopic (exact) mass is 297 g/mol. The number of fused-ring (bicyclic) bond motifs is 1. The fraction of sp³-hybridized carbons (Fsp3) is 0.333. The van der Waals surface area contributed by atoms with E-state index in [9.17, 15) is 18.0 Å². The zero-order chi connectivity index (χ0) is 14.9. The van der Waals surface area contributed by atoms with Crippen LogP contribution in [-0.4, -0.2) is 36.3 Å². The van der Waals surface area contributed by atoms with Crippen molar-refractivity contribution >= 4 is 20.9 Å². The number of benzene rings is 1. The Morgan fingerprint density at radius 3 is 2.55 bits per heavy atom. The zero-order valence-electron chi connectivity index (χ0n) is 11.1. The number of hydrogen-bond donors (Lipinski definition) is 2. The van der Waals surface area contributed by atoms with Crippen molar-refractivity contribution in [3.05, 3.63) is 39.0 Å². The molecule has 2 aromatic rings. The van der Waals surface area contributed by atoms with Crippen LogP contribution >= 0.6 is 0 Å². The highest BCUT2D eigenvalue weighted by atomic mass is 32.2. The van der Waals surface area contributed by atoms with Gasteiger partial charge in [-0.25, -0.2) is 17.5 Å². The Morgan fingerprint density at radius 2 is 1.90 bits per heavy atom. The van der Waals surface area contributed by atoms with Gasteiger partial charge in [0.25, 0.3) is 5.56 Å². The van der Waals surface area contributed by atoms with Crippen LogP contribution in [0.15, 0.2) is 32.7 Å². The van der Waals surface area contributed by atoms with Crippen molar-refractivity contribution in [1.82, 2.24) is 14.3 Å². The highest BCUT2D eigenvalue weighted by Gasteiger charge is 2.20. The number of nitrogens with one attached hydrogen (secondary N) is 2. The SMILES string of the molecule is CCCN(C)S(=O)(=O)c1ccc2[nH]c(=O)[nH]c(=O)c2c1. The molecule has 1 aromatic carbocycles. The van der Waals surface area contributed by atoms with Gasteiger partial charge in [0, 0.05) is 13.6 Å². The molecule has 2 rings (SSSR count). The van der Waals surface area contributed by atoms with Gasteiger partial charge in [-0.1, -0.05) is 6.92 Å². The summed E-state index contributed by atoms with van der Waals surface area (Å²) in [4.78, 5) is 27.4. The number of aromatic nitrogens is 2. The van der Waals surface area contributed by atoms with Crippen LogP contribution in [0, 0.1) is 0 Å². The Labute approximate surface area is 115 Å². The van der Waals surface area contributed by atoms with E-state index in [0.717, 1.165) is 0 Å². The first-order valence-corrected chi connectivity index (χ1v) is 7.53. The van der Waals surface area contributed by atoms with Crippen LogP contribution in [0.2, 0.25) is 0 Å². The summed E-state index contributed by atoms with van der Waals surface area (Å²) in [5.41, 5.74) is -0.934. The van der Waals surface area contributed by atoms with E-state index < -0.39 is 21.3 Å². The van der Waals surface area contributed by atoms with Crippen molar-refractivity contribution in [2.24, 2.45) is 0 Å². The Balaban J connectivity index is 2.63. The van der Waals surface area contributed by atoms with Gasteiger partial charge in [-0.05, 0) is 24.6 Å². The quantitative estimate of drug-likeness (QED) is 0.844. The summed E-state index contributed by atoms with van der Waals surface area (Å²) in [6.07, 6.45) is 0.692. The van der Waals surface area contributed by atoms with E-state index in [2.05, 4.69) is 9.97 Å². The van der Waals surface area contributed by atoms with E-state index in [-0.39, 0.29) is 10.3 Å². The van der Waals surface area contributed by atoms with Gasteiger partial charge >= 0.3 is 5.69 Å². The van der Waals surface area contributed by atoms with Gasteiger partial charge in [0.1, 0.15) is 0 Å². The Kier molecular flexibility index (Phi) is 3.78. The van der Waals surface area contributed by atoms with Crippen molar-refractivity contribution in [2.45, 2.75) is 18.2 Å². The summed E-state index contributed by atoms with van der Waals surface area (Å²) < 4.78 is 25.8. The maximum absolute atomic E-state index is 12.3. The van der Waals surface area contributed by atoms with E-state index in [1.54, 1.807) is 0 Å². The molecular formula is C12H15N3O4S. The molecule has 2 N–H and O–H groups in total. The minimum Gasteiger partial charge on any atom is -0.307 e. The lowest BCUT2D eigenvalue weighted by molar-refractivity contribution is 0.468. The van der Waals surface area contributed by atoms with E-state index in [0.29, 0.717) is 18.5 Å². The summed E-state index contributed by atoms with van der Waals surface area (Å²) in [5.74, 6) is 0. The maximum atomic E-state index is 12.3. The molecule has 0 bridgehead atoms. The van der Waals surface area contributed by atoms with Gasteiger partial charge in [0.15, 0.2) is 0 Å². The standard InChI is InChI=1S/C12H15N3O4S/c1-3-6-15(2)20(18,19)8-4-5-10-9(7-8)11(16)14-12(17)13-10/h4-5,7H,3,6H2,1-2H3,(H2,13,14,16,17). The molecule has 0 saturated carbocycles. The van der Waals surface area contributed by atoms with Crippen LogP contribution in [0.4, 0.5) is 0 Å². The van der Waals surface area contributed by atoms with Gasteiger partial charge in [-0.3, -0.25) is 9.78 Å². The van der Waals surface area contributed by atoms with Crippen molar-refractivity contribution < 1.29 is 8.42 Å². The van der Waals surface area contributed by atoms with Crippen molar-refractivity contribution in [3.63, 3.8) is 0 Å². The van der Waals surface area contributed by atoms with Crippen molar-refractivity contribution in [2.75, 3.05) is 13.6 Å². The van der Waals surface area contributed by atoms with E-state index in [1.807, 2.05) is 6.92 Å². The molecule has 0 unspecified atom stereocenters. The molecule has 8 heteroatoms. The minimum atomic E-state index is -3.63. The molecule has 0 aliphatic heterocycles. The predicted octanol–water partition coefficient (Wildman–Crippen LogP) is 0.247. The van der Waals surface area contributed by atoms with Crippen LogP contribution in [-0.2, 0) is 10.0 Å². The number of sulfonamides is 1. The summed E-state index contributed by atoms with van der Waals surface area (Å²) in [6, 6.07) is 4.06. The lowest BCUT2D eigenvalue weighted by Gasteiger charge is -2.16. The highest BCUT2D eigenvalue weighted by molar-refractivity contribution is 7.89. The lowest BCUT2D eigenvalue weighted by atomic mass is 10.2. The number of H-pyrrole nitrogens is 2. The largest absolute Gasteiger partial charge is 0.326 e. The third-order valence-electron chi connectivity index (χ3n) is 2.96. The van der Waals surface area contributed by atoms with Crippen LogP contribution in [0.3, 0.4) is 0 Å². The molecular weight excluding hydrogens is 282 g/mol. The summed E-state index contributed by atoms with van der Waals surface area (Å²) in [6.45, 7) is 2.27. The Bertz CT molecular complexity index is 851. The summed E-state index contributed by atoms with van der Waals surface area (Å²) >= 11 is 0. The number of hydrogen-bond acceptors (Lipinski definition) is 4. The number of rotatable bonds is 4. The first-order valence-electron chi connectivity index (χ1n) is 6.09. The van der Waals surface area contributed by atoms with Gasteiger partial charge in [-0.2, -0.15) is 0 Å². The third-order valence-corrected chi connectivity index (χ3v) is 4.81. The second kappa shape index (κ2) is 5.22. The molecule has 0 atom stereocenters. The van der Waals surface area contributed by atoms with Gasteiger partial charge < -0.3 is 4.98 Å². The van der Waals surface area contributed by atoms with Gasteiger partial charge in [0.2, 0.25) is 10.0 Å². The summed E-state index contributed by atoms with van der Waals surface area (Å²) in [5, 5.41) is 0.135. The molecule has 7 nitrogen and oxygen atoms in total. The second-order valence-electron chi connectivity index (χ2n) is 4.44. The average Bonchev–Trinajstić information content (AvgIpc) is 2.38. The number of aromatic amines is 2. The van der Waals surface area contributed by atoms with Crippen molar-refractivity contribution in [3.8, 4) is 0 Å². The normalized spacial score (nSPS) is 12.2. The smallest absolute Gasteiger partial charge is 0.307 e. The Hall–Kier alpha value is -1.93. The van der Waals surface area contributed by atoms with E-state index in [4.69, 9.17) is 0 Å². The van der Waals surface area contributed by atoms with E-state index >= 15 is 0 Å². The van der Waals surface area contributed by atoms with Crippen LogP contribution < -0.4 is 11.2 Å². The minimum absolute atomic E-state index is 0.0264. The molecule has 0 aliphatic carbocycles. The highest BCUT2D eigenvalue weighted by Crippen LogP contribution is 2.17.